The molecule has 0 aliphatic heterocycles. The first-order valence-corrected chi connectivity index (χ1v) is 6.15. The van der Waals surface area contributed by atoms with Gasteiger partial charge in [0.2, 0.25) is 0 Å². The van der Waals surface area contributed by atoms with Crippen LogP contribution in [-0.2, 0) is 0 Å². The molecule has 5 heteroatoms. The third kappa shape index (κ3) is 3.71. The van der Waals surface area contributed by atoms with Crippen molar-refractivity contribution in [2.24, 2.45) is 5.92 Å². The highest BCUT2D eigenvalue weighted by Crippen LogP contribution is 2.22. The van der Waals surface area contributed by atoms with Gasteiger partial charge in [-0.3, -0.25) is 0 Å². The Hall–Kier alpha value is -1.07. The van der Waals surface area contributed by atoms with E-state index in [9.17, 15) is 4.79 Å². The number of carboxylic acid groups (broad SMARTS) is 1. The first kappa shape index (κ1) is 14.0. The molecular weight excluding hydrogens is 286 g/mol. The molecular formula is C12H16BrNO3. The van der Waals surface area contributed by atoms with Gasteiger partial charge in [0.15, 0.2) is 0 Å². The lowest BCUT2D eigenvalue weighted by molar-refractivity contribution is 0.0696. The second-order valence-corrected chi connectivity index (χ2v) is 4.95. The molecule has 0 bridgehead atoms. The van der Waals surface area contributed by atoms with Crippen LogP contribution in [0.1, 0.15) is 24.2 Å². The Morgan fingerprint density at radius 3 is 2.59 bits per heavy atom. The molecule has 17 heavy (non-hydrogen) atoms. The zero-order valence-corrected chi connectivity index (χ0v) is 11.4. The molecule has 0 aromatic heterocycles. The van der Waals surface area contributed by atoms with Crippen LogP contribution in [0.2, 0.25) is 0 Å². The summed E-state index contributed by atoms with van der Waals surface area (Å²) in [7, 11) is 0. The molecule has 0 heterocycles. The molecule has 1 aromatic rings. The predicted molar refractivity (Wildman–Crippen MR) is 70.4 cm³/mol. The molecule has 94 valence electrons. The van der Waals surface area contributed by atoms with Crippen LogP contribution in [0.15, 0.2) is 22.7 Å². The fraction of sp³-hybridized carbons (Fsp3) is 0.417. The van der Waals surface area contributed by atoms with Gasteiger partial charge in [0.1, 0.15) is 0 Å². The lowest BCUT2D eigenvalue weighted by atomic mass is 10.0. The smallest absolute Gasteiger partial charge is 0.336 e. The number of halogens is 1. The summed E-state index contributed by atoms with van der Waals surface area (Å²) in [5.41, 5.74) is 1.06. The van der Waals surface area contributed by atoms with E-state index >= 15 is 0 Å². The summed E-state index contributed by atoms with van der Waals surface area (Å²) >= 11 is 3.22. The number of aromatic carboxylic acids is 1. The molecule has 1 aromatic carbocycles. The molecule has 0 aliphatic carbocycles. The van der Waals surface area contributed by atoms with Crippen LogP contribution < -0.4 is 5.32 Å². The molecule has 0 spiro atoms. The van der Waals surface area contributed by atoms with Gasteiger partial charge in [-0.2, -0.15) is 0 Å². The van der Waals surface area contributed by atoms with Crippen molar-refractivity contribution in [2.75, 3.05) is 11.9 Å². The van der Waals surface area contributed by atoms with E-state index in [1.165, 1.54) is 0 Å². The fourth-order valence-electron chi connectivity index (χ4n) is 1.34. The van der Waals surface area contributed by atoms with E-state index in [4.69, 9.17) is 10.2 Å². The standard InChI is InChI=1S/C12H16BrNO3/c1-7(6-15)8(2)14-9-3-4-10(12(16)17)11(13)5-9/h3-5,7-8,14-15H,6H2,1-2H3,(H,16,17). The summed E-state index contributed by atoms with van der Waals surface area (Å²) in [4.78, 5) is 10.8. The predicted octanol–water partition coefficient (Wildman–Crippen LogP) is 2.58. The summed E-state index contributed by atoms with van der Waals surface area (Å²) in [6, 6.07) is 5.10. The van der Waals surface area contributed by atoms with Crippen LogP contribution in [0, 0.1) is 5.92 Å². The number of rotatable bonds is 5. The summed E-state index contributed by atoms with van der Waals surface area (Å²) in [6.07, 6.45) is 0. The van der Waals surface area contributed by atoms with E-state index in [0.717, 1.165) is 5.69 Å². The van der Waals surface area contributed by atoms with Gasteiger partial charge in [-0.25, -0.2) is 4.79 Å². The highest BCUT2D eigenvalue weighted by molar-refractivity contribution is 9.10. The van der Waals surface area contributed by atoms with Crippen molar-refractivity contribution in [3.8, 4) is 0 Å². The molecule has 3 N–H and O–H groups in total. The topological polar surface area (TPSA) is 69.6 Å². The number of carbonyl (C=O) groups is 1. The average molecular weight is 302 g/mol. The quantitative estimate of drug-likeness (QED) is 0.782. The van der Waals surface area contributed by atoms with Gasteiger partial charge in [0.05, 0.1) is 5.56 Å². The molecule has 0 amide bonds. The van der Waals surface area contributed by atoms with Crippen LogP contribution in [0.4, 0.5) is 5.69 Å². The van der Waals surface area contributed by atoms with Crippen LogP contribution in [0.25, 0.3) is 0 Å². The Morgan fingerprint density at radius 2 is 2.12 bits per heavy atom. The van der Waals surface area contributed by atoms with Gasteiger partial charge in [0.25, 0.3) is 0 Å². The number of hydrogen-bond donors (Lipinski definition) is 3. The van der Waals surface area contributed by atoms with E-state index in [0.29, 0.717) is 4.47 Å². The van der Waals surface area contributed by atoms with Crippen molar-refractivity contribution < 1.29 is 15.0 Å². The third-order valence-corrected chi connectivity index (χ3v) is 3.39. The number of aliphatic hydroxyl groups is 1. The van der Waals surface area contributed by atoms with Gasteiger partial charge < -0.3 is 15.5 Å². The monoisotopic (exact) mass is 301 g/mol. The van der Waals surface area contributed by atoms with Gasteiger partial charge in [-0.1, -0.05) is 6.92 Å². The number of benzene rings is 1. The van der Waals surface area contributed by atoms with Crippen LogP contribution in [0.5, 0.6) is 0 Å². The second-order valence-electron chi connectivity index (χ2n) is 4.09. The molecule has 0 saturated heterocycles. The number of hydrogen-bond acceptors (Lipinski definition) is 3. The van der Waals surface area contributed by atoms with Gasteiger partial charge in [-0.15, -0.1) is 0 Å². The number of aliphatic hydroxyl groups excluding tert-OH is 1. The fourth-order valence-corrected chi connectivity index (χ4v) is 1.89. The van der Waals surface area contributed by atoms with E-state index in [2.05, 4.69) is 21.2 Å². The summed E-state index contributed by atoms with van der Waals surface area (Å²) in [5.74, 6) is -0.826. The Labute approximate surface area is 109 Å². The van der Waals surface area contributed by atoms with Crippen molar-refractivity contribution in [3.05, 3.63) is 28.2 Å². The van der Waals surface area contributed by atoms with Crippen LogP contribution in [-0.4, -0.2) is 28.8 Å². The minimum Gasteiger partial charge on any atom is -0.478 e. The molecule has 0 saturated carbocycles. The Morgan fingerprint density at radius 1 is 1.47 bits per heavy atom. The van der Waals surface area contributed by atoms with E-state index in [1.54, 1.807) is 18.2 Å². The molecule has 2 unspecified atom stereocenters. The van der Waals surface area contributed by atoms with Gasteiger partial charge in [0, 0.05) is 22.8 Å². The molecule has 0 aliphatic rings. The average Bonchev–Trinajstić information content (AvgIpc) is 2.27. The Balaban J connectivity index is 2.81. The number of nitrogens with one attached hydrogen (secondary N) is 1. The summed E-state index contributed by atoms with van der Waals surface area (Å²) in [5, 5.41) is 21.1. The van der Waals surface area contributed by atoms with Gasteiger partial charge >= 0.3 is 5.97 Å². The zero-order chi connectivity index (χ0) is 13.0. The summed E-state index contributed by atoms with van der Waals surface area (Å²) < 4.78 is 0.541. The maximum Gasteiger partial charge on any atom is 0.336 e. The number of anilines is 1. The van der Waals surface area contributed by atoms with Crippen molar-refractivity contribution in [1.82, 2.24) is 0 Å². The molecule has 4 nitrogen and oxygen atoms in total. The van der Waals surface area contributed by atoms with Gasteiger partial charge in [-0.05, 0) is 47.0 Å². The minimum absolute atomic E-state index is 0.113. The zero-order valence-electron chi connectivity index (χ0n) is 9.77. The first-order valence-electron chi connectivity index (χ1n) is 5.36. The normalized spacial score (nSPS) is 14.1. The molecule has 0 fully saturated rings. The number of carboxylic acids is 1. The highest BCUT2D eigenvalue weighted by Gasteiger charge is 2.12. The van der Waals surface area contributed by atoms with E-state index in [1.807, 2.05) is 13.8 Å². The van der Waals surface area contributed by atoms with Crippen LogP contribution in [0.3, 0.4) is 0 Å². The maximum atomic E-state index is 10.8. The lowest BCUT2D eigenvalue weighted by Gasteiger charge is -2.20. The van der Waals surface area contributed by atoms with Crippen molar-refractivity contribution >= 4 is 27.6 Å². The lowest BCUT2D eigenvalue weighted by Crippen LogP contribution is -2.26. The van der Waals surface area contributed by atoms with Crippen molar-refractivity contribution in [2.45, 2.75) is 19.9 Å². The third-order valence-electron chi connectivity index (χ3n) is 2.74. The van der Waals surface area contributed by atoms with Crippen molar-refractivity contribution in [1.29, 1.82) is 0 Å². The van der Waals surface area contributed by atoms with E-state index in [-0.39, 0.29) is 24.1 Å². The molecule has 1 rings (SSSR count). The summed E-state index contributed by atoms with van der Waals surface area (Å²) in [6.45, 7) is 4.03. The second kappa shape index (κ2) is 6.02. The molecule has 2 atom stereocenters. The minimum atomic E-state index is -0.958. The largest absolute Gasteiger partial charge is 0.478 e. The SMILES string of the molecule is CC(CO)C(C)Nc1ccc(C(=O)O)c(Br)c1. The maximum absolute atomic E-state index is 10.8. The Bertz CT molecular complexity index is 409. The first-order chi connectivity index (χ1) is 7.95. The van der Waals surface area contributed by atoms with Crippen LogP contribution >= 0.6 is 15.9 Å². The highest BCUT2D eigenvalue weighted by atomic mass is 79.9. The van der Waals surface area contributed by atoms with E-state index < -0.39 is 5.97 Å². The Kier molecular flexibility index (Phi) is 4.96. The van der Waals surface area contributed by atoms with Crippen molar-refractivity contribution in [3.63, 3.8) is 0 Å². The molecule has 0 radical (unpaired) electrons.